The van der Waals surface area contributed by atoms with E-state index in [-0.39, 0.29) is 12.3 Å². The molecule has 0 amide bonds. The Balaban J connectivity index is 2.65. The first-order valence-electron chi connectivity index (χ1n) is 5.97. The Bertz CT molecular complexity index is 372. The summed E-state index contributed by atoms with van der Waals surface area (Å²) in [4.78, 5) is 22.9. The minimum absolute atomic E-state index is 0.0894. The van der Waals surface area contributed by atoms with Gasteiger partial charge >= 0.3 is 11.9 Å². The molecule has 1 aliphatic rings. The average Bonchev–Trinajstić information content (AvgIpc) is 2.89. The average molecular weight is 255 g/mol. The lowest BCUT2D eigenvalue weighted by molar-refractivity contribution is -0.156. The van der Waals surface area contributed by atoms with E-state index < -0.39 is 29.0 Å². The molecule has 1 aliphatic carbocycles. The molecule has 3 atom stereocenters. The Hall–Kier alpha value is -1.36. The quantitative estimate of drug-likeness (QED) is 0.571. The topological polar surface area (TPSA) is 89.6 Å². The van der Waals surface area contributed by atoms with Crippen LogP contribution in [0, 0.1) is 11.3 Å². The van der Waals surface area contributed by atoms with Crippen LogP contribution in [0.3, 0.4) is 0 Å². The van der Waals surface area contributed by atoms with Crippen molar-refractivity contribution >= 4 is 11.9 Å². The number of hydrogen-bond donors (Lipinski definition) is 2. The zero-order valence-corrected chi connectivity index (χ0v) is 11.1. The zero-order chi connectivity index (χ0) is 14.1. The molecule has 0 spiro atoms. The number of nitrogens with two attached hydrogens (primary N) is 1. The maximum Gasteiger partial charge on any atom is 0.311 e. The largest absolute Gasteiger partial charge is 0.481 e. The number of carbonyl (C=O) groups is 2. The van der Waals surface area contributed by atoms with Crippen LogP contribution in [0.15, 0.2) is 12.7 Å². The number of carboxylic acid groups (broad SMARTS) is 1. The SMILES string of the molecule is C=CC1CC1(C(=O)O)C(N)CC(=O)OC(C)(C)C. The van der Waals surface area contributed by atoms with E-state index in [9.17, 15) is 14.7 Å². The molecule has 18 heavy (non-hydrogen) atoms. The highest BCUT2D eigenvalue weighted by Crippen LogP contribution is 2.56. The van der Waals surface area contributed by atoms with E-state index in [0.717, 1.165) is 0 Å². The Kier molecular flexibility index (Phi) is 3.86. The normalized spacial score (nSPS) is 28.3. The molecular weight excluding hydrogens is 234 g/mol. The molecule has 5 nitrogen and oxygen atoms in total. The molecule has 0 aromatic carbocycles. The minimum Gasteiger partial charge on any atom is -0.481 e. The van der Waals surface area contributed by atoms with Crippen molar-refractivity contribution in [3.05, 3.63) is 12.7 Å². The Labute approximate surface area is 107 Å². The number of carbonyl (C=O) groups excluding carboxylic acids is 1. The molecule has 0 radical (unpaired) electrons. The lowest BCUT2D eigenvalue weighted by Crippen LogP contribution is -2.41. The monoisotopic (exact) mass is 255 g/mol. The Morgan fingerprint density at radius 2 is 2.17 bits per heavy atom. The van der Waals surface area contributed by atoms with Gasteiger partial charge in [0.05, 0.1) is 11.8 Å². The molecular formula is C13H21NO4. The third kappa shape index (κ3) is 2.90. The Morgan fingerprint density at radius 3 is 2.50 bits per heavy atom. The van der Waals surface area contributed by atoms with Crippen molar-refractivity contribution in [2.45, 2.75) is 45.3 Å². The summed E-state index contributed by atoms with van der Waals surface area (Å²) in [5, 5.41) is 9.24. The number of aliphatic carboxylic acids is 1. The van der Waals surface area contributed by atoms with Crippen molar-refractivity contribution < 1.29 is 19.4 Å². The first kappa shape index (κ1) is 14.7. The van der Waals surface area contributed by atoms with Gasteiger partial charge in [0.1, 0.15) is 5.60 Å². The number of carboxylic acids is 1. The summed E-state index contributed by atoms with van der Waals surface area (Å²) < 4.78 is 5.14. The summed E-state index contributed by atoms with van der Waals surface area (Å²) in [6, 6.07) is -0.743. The maximum absolute atomic E-state index is 11.6. The second-order valence-electron chi connectivity index (χ2n) is 5.79. The fourth-order valence-electron chi connectivity index (χ4n) is 2.17. The molecule has 0 heterocycles. The number of esters is 1. The van der Waals surface area contributed by atoms with E-state index in [1.54, 1.807) is 26.8 Å². The number of rotatable bonds is 5. The van der Waals surface area contributed by atoms with Crippen LogP contribution in [0.1, 0.15) is 33.6 Å². The van der Waals surface area contributed by atoms with Gasteiger partial charge in [0.2, 0.25) is 0 Å². The van der Waals surface area contributed by atoms with Gasteiger partial charge in [-0.2, -0.15) is 0 Å². The molecule has 0 aromatic heterocycles. The molecule has 1 saturated carbocycles. The van der Waals surface area contributed by atoms with Crippen molar-refractivity contribution in [2.24, 2.45) is 17.1 Å². The highest BCUT2D eigenvalue weighted by Gasteiger charge is 2.63. The van der Waals surface area contributed by atoms with Gasteiger partial charge in [-0.25, -0.2) is 0 Å². The smallest absolute Gasteiger partial charge is 0.311 e. The van der Waals surface area contributed by atoms with Crippen molar-refractivity contribution in [2.75, 3.05) is 0 Å². The number of ether oxygens (including phenoxy) is 1. The van der Waals surface area contributed by atoms with E-state index in [2.05, 4.69) is 6.58 Å². The first-order chi connectivity index (χ1) is 8.13. The van der Waals surface area contributed by atoms with Crippen LogP contribution in [-0.4, -0.2) is 28.7 Å². The molecule has 1 rings (SSSR count). The highest BCUT2D eigenvalue weighted by atomic mass is 16.6. The number of allylic oxidation sites excluding steroid dienone is 1. The van der Waals surface area contributed by atoms with Crippen molar-refractivity contribution in [1.29, 1.82) is 0 Å². The fourth-order valence-corrected chi connectivity index (χ4v) is 2.17. The summed E-state index contributed by atoms with van der Waals surface area (Å²) in [5.41, 5.74) is 4.24. The van der Waals surface area contributed by atoms with Gasteiger partial charge in [-0.05, 0) is 33.1 Å². The molecule has 0 saturated heterocycles. The predicted molar refractivity (Wildman–Crippen MR) is 66.8 cm³/mol. The summed E-state index contributed by atoms with van der Waals surface area (Å²) in [6.07, 6.45) is 1.94. The predicted octanol–water partition coefficient (Wildman–Crippen LogP) is 1.32. The van der Waals surface area contributed by atoms with Crippen LogP contribution in [0.5, 0.6) is 0 Å². The van der Waals surface area contributed by atoms with E-state index in [0.29, 0.717) is 6.42 Å². The van der Waals surface area contributed by atoms with Crippen LogP contribution in [0.2, 0.25) is 0 Å². The molecule has 0 aliphatic heterocycles. The van der Waals surface area contributed by atoms with Gasteiger partial charge in [0.15, 0.2) is 0 Å². The zero-order valence-electron chi connectivity index (χ0n) is 11.1. The lowest BCUT2D eigenvalue weighted by atomic mass is 9.91. The maximum atomic E-state index is 11.6. The first-order valence-corrected chi connectivity index (χ1v) is 5.97. The molecule has 102 valence electrons. The molecule has 5 heteroatoms. The molecule has 3 unspecified atom stereocenters. The van der Waals surface area contributed by atoms with Crippen molar-refractivity contribution in [3.63, 3.8) is 0 Å². The summed E-state index contributed by atoms with van der Waals surface area (Å²) >= 11 is 0. The molecule has 0 aromatic rings. The van der Waals surface area contributed by atoms with E-state index in [1.165, 1.54) is 0 Å². The van der Waals surface area contributed by atoms with E-state index in [4.69, 9.17) is 10.5 Å². The summed E-state index contributed by atoms with van der Waals surface area (Å²) in [6.45, 7) is 8.86. The highest BCUT2D eigenvalue weighted by molar-refractivity contribution is 5.82. The van der Waals surface area contributed by atoms with Gasteiger partial charge in [0.25, 0.3) is 0 Å². The minimum atomic E-state index is -1.04. The van der Waals surface area contributed by atoms with Crippen LogP contribution in [-0.2, 0) is 14.3 Å². The van der Waals surface area contributed by atoms with Gasteiger partial charge in [0, 0.05) is 6.04 Å². The van der Waals surface area contributed by atoms with Crippen molar-refractivity contribution in [1.82, 2.24) is 0 Å². The van der Waals surface area contributed by atoms with Crippen molar-refractivity contribution in [3.8, 4) is 0 Å². The van der Waals surface area contributed by atoms with Crippen LogP contribution in [0.25, 0.3) is 0 Å². The van der Waals surface area contributed by atoms with Gasteiger partial charge in [-0.15, -0.1) is 6.58 Å². The third-order valence-corrected chi connectivity index (χ3v) is 3.21. The van der Waals surface area contributed by atoms with E-state index in [1.807, 2.05) is 0 Å². The second kappa shape index (κ2) is 4.72. The number of hydrogen-bond acceptors (Lipinski definition) is 4. The van der Waals surface area contributed by atoms with Gasteiger partial charge in [-0.3, -0.25) is 9.59 Å². The summed E-state index contributed by atoms with van der Waals surface area (Å²) in [7, 11) is 0. The Morgan fingerprint density at radius 1 is 1.61 bits per heavy atom. The van der Waals surface area contributed by atoms with Crippen LogP contribution >= 0.6 is 0 Å². The molecule has 3 N–H and O–H groups in total. The van der Waals surface area contributed by atoms with Gasteiger partial charge in [-0.1, -0.05) is 6.08 Å². The molecule has 1 fully saturated rings. The standard InChI is InChI=1S/C13H21NO4/c1-5-8-7-13(8,11(16)17)9(14)6-10(15)18-12(2,3)4/h5,8-9H,1,6-7,14H2,2-4H3,(H,16,17). The van der Waals surface area contributed by atoms with Crippen LogP contribution < -0.4 is 5.73 Å². The van der Waals surface area contributed by atoms with E-state index >= 15 is 0 Å². The summed E-state index contributed by atoms with van der Waals surface area (Å²) in [5.74, 6) is -1.60. The molecule has 0 bridgehead atoms. The third-order valence-electron chi connectivity index (χ3n) is 3.21. The van der Waals surface area contributed by atoms with Gasteiger partial charge < -0.3 is 15.6 Å². The second-order valence-corrected chi connectivity index (χ2v) is 5.79. The fraction of sp³-hybridized carbons (Fsp3) is 0.692. The van der Waals surface area contributed by atoms with Crippen LogP contribution in [0.4, 0.5) is 0 Å². The lowest BCUT2D eigenvalue weighted by Gasteiger charge is -2.23.